The van der Waals surface area contributed by atoms with E-state index in [9.17, 15) is 13.2 Å². The minimum absolute atomic E-state index is 0.0124. The highest BCUT2D eigenvalue weighted by Crippen LogP contribution is 2.40. The van der Waals surface area contributed by atoms with E-state index < -0.39 is 16.1 Å². The number of anilines is 1. The number of carbonyl (C=O) groups excluding carboxylic acids is 1. The number of para-hydroxylation sites is 1. The summed E-state index contributed by atoms with van der Waals surface area (Å²) in [6.45, 7) is 4.01. The summed E-state index contributed by atoms with van der Waals surface area (Å²) in [5.74, 6) is 0.836. The van der Waals surface area contributed by atoms with Crippen LogP contribution >= 0.6 is 34.5 Å². The van der Waals surface area contributed by atoms with Gasteiger partial charge in [0.1, 0.15) is 15.7 Å². The number of halogens is 2. The van der Waals surface area contributed by atoms with Crippen LogP contribution in [0.4, 0.5) is 10.5 Å². The molecule has 2 amide bonds. The Balaban J connectivity index is 1.42. The van der Waals surface area contributed by atoms with Crippen molar-refractivity contribution in [1.82, 2.24) is 10.0 Å². The van der Waals surface area contributed by atoms with Gasteiger partial charge in [-0.15, -0.1) is 11.3 Å². The van der Waals surface area contributed by atoms with Crippen LogP contribution in [-0.2, 0) is 10.0 Å². The first-order valence-electron chi connectivity index (χ1n) is 11.5. The molecule has 3 N–H and O–H groups in total. The van der Waals surface area contributed by atoms with Gasteiger partial charge in [-0.3, -0.25) is 0 Å². The summed E-state index contributed by atoms with van der Waals surface area (Å²) < 4.78 is 35.0. The predicted octanol–water partition coefficient (Wildman–Crippen LogP) is 7.23. The van der Waals surface area contributed by atoms with E-state index in [0.29, 0.717) is 38.4 Å². The molecule has 4 rings (SSSR count). The molecule has 0 radical (unpaired) electrons. The van der Waals surface area contributed by atoms with E-state index in [2.05, 4.69) is 15.4 Å². The Hall–Kier alpha value is -3.08. The van der Waals surface area contributed by atoms with Gasteiger partial charge in [0.05, 0.1) is 5.02 Å². The fourth-order valence-electron chi connectivity index (χ4n) is 3.81. The Morgan fingerprint density at radius 1 is 0.895 bits per heavy atom. The lowest BCUT2D eigenvalue weighted by Crippen LogP contribution is -2.36. The number of aryl methyl sites for hydroxylation is 2. The molecule has 1 aromatic heterocycles. The lowest BCUT2D eigenvalue weighted by molar-refractivity contribution is 0.252. The molecule has 0 saturated carbocycles. The first-order valence-corrected chi connectivity index (χ1v) is 14.7. The number of hydrogen-bond donors (Lipinski definition) is 3. The second-order valence-electron chi connectivity index (χ2n) is 8.45. The molecular weight excluding hydrogens is 565 g/mol. The molecule has 0 aliphatic rings. The van der Waals surface area contributed by atoms with Crippen LogP contribution in [0.5, 0.6) is 11.5 Å². The molecule has 0 saturated heterocycles. The summed E-state index contributed by atoms with van der Waals surface area (Å²) >= 11 is 13.3. The third kappa shape index (κ3) is 7.06. The van der Waals surface area contributed by atoms with E-state index in [0.717, 1.165) is 22.5 Å². The van der Waals surface area contributed by atoms with Crippen LogP contribution in [0.3, 0.4) is 0 Å². The number of benzene rings is 3. The molecule has 0 spiro atoms. The Morgan fingerprint density at radius 3 is 2.37 bits per heavy atom. The Kier molecular flexibility index (Phi) is 8.96. The van der Waals surface area contributed by atoms with Crippen molar-refractivity contribution in [3.05, 3.63) is 93.3 Å². The molecule has 4 aromatic rings. The molecule has 0 unspecified atom stereocenters. The highest BCUT2D eigenvalue weighted by molar-refractivity contribution is 7.91. The average molecular weight is 591 g/mol. The van der Waals surface area contributed by atoms with Gasteiger partial charge in [-0.25, -0.2) is 17.9 Å². The topological polar surface area (TPSA) is 96.5 Å². The summed E-state index contributed by atoms with van der Waals surface area (Å²) in [5, 5.41) is 7.93. The van der Waals surface area contributed by atoms with Crippen molar-refractivity contribution in [2.75, 3.05) is 18.4 Å². The second-order valence-corrected chi connectivity index (χ2v) is 12.2. The number of rotatable bonds is 9. The van der Waals surface area contributed by atoms with Gasteiger partial charge >= 0.3 is 6.03 Å². The zero-order valence-electron chi connectivity index (χ0n) is 20.5. The molecule has 1 heterocycles. The van der Waals surface area contributed by atoms with Gasteiger partial charge in [-0.2, -0.15) is 0 Å². The Labute approximate surface area is 235 Å². The molecular formula is C27H25Cl2N3O4S2. The third-order valence-electron chi connectivity index (χ3n) is 5.35. The molecule has 38 heavy (non-hydrogen) atoms. The maximum absolute atomic E-state index is 13.2. The minimum atomic E-state index is -3.87. The summed E-state index contributed by atoms with van der Waals surface area (Å²) in [6, 6.07) is 19.0. The summed E-state index contributed by atoms with van der Waals surface area (Å²) in [4.78, 5) is 12.2. The van der Waals surface area contributed by atoms with Gasteiger partial charge in [0, 0.05) is 34.9 Å². The van der Waals surface area contributed by atoms with Crippen molar-refractivity contribution >= 4 is 56.3 Å². The zero-order valence-corrected chi connectivity index (χ0v) is 23.7. The largest absolute Gasteiger partial charge is 0.455 e. The average Bonchev–Trinajstić information content (AvgIpc) is 3.34. The van der Waals surface area contributed by atoms with Crippen molar-refractivity contribution in [2.24, 2.45) is 0 Å². The normalized spacial score (nSPS) is 11.3. The van der Waals surface area contributed by atoms with Crippen molar-refractivity contribution in [3.63, 3.8) is 0 Å². The highest BCUT2D eigenvalue weighted by Gasteiger charge is 2.23. The van der Waals surface area contributed by atoms with Crippen LogP contribution in [0.2, 0.25) is 10.0 Å². The maximum Gasteiger partial charge on any atom is 0.319 e. The number of carbonyl (C=O) groups is 1. The number of ether oxygens (including phenoxy) is 1. The molecule has 0 fully saturated rings. The summed E-state index contributed by atoms with van der Waals surface area (Å²) in [5.41, 5.74) is 3.81. The lowest BCUT2D eigenvalue weighted by Gasteiger charge is -2.14. The second kappa shape index (κ2) is 12.2. The molecule has 11 heteroatoms. The maximum atomic E-state index is 13.2. The minimum Gasteiger partial charge on any atom is -0.455 e. The summed E-state index contributed by atoms with van der Waals surface area (Å²) in [6.07, 6.45) is 0. The van der Waals surface area contributed by atoms with E-state index in [1.54, 1.807) is 53.9 Å². The number of sulfonamides is 1. The predicted molar refractivity (Wildman–Crippen MR) is 154 cm³/mol. The van der Waals surface area contributed by atoms with Gasteiger partial charge in [0.2, 0.25) is 0 Å². The van der Waals surface area contributed by atoms with Crippen molar-refractivity contribution < 1.29 is 17.9 Å². The SMILES string of the molecule is Cc1cc(C)cc(NC(=O)NCCNS(=O)(=O)c2sccc2-c2ccccc2Oc2ccc(Cl)cc2Cl)c1. The van der Waals surface area contributed by atoms with Crippen LogP contribution in [0.1, 0.15) is 11.1 Å². The molecule has 0 bridgehead atoms. The quantitative estimate of drug-likeness (QED) is 0.179. The van der Waals surface area contributed by atoms with Crippen molar-refractivity contribution in [3.8, 4) is 22.6 Å². The summed E-state index contributed by atoms with van der Waals surface area (Å²) in [7, 11) is -3.87. The van der Waals surface area contributed by atoms with E-state index >= 15 is 0 Å². The highest BCUT2D eigenvalue weighted by atomic mass is 35.5. The Morgan fingerprint density at radius 2 is 1.63 bits per heavy atom. The van der Waals surface area contributed by atoms with Gasteiger partial charge in [0.25, 0.3) is 10.0 Å². The molecule has 0 atom stereocenters. The number of thiophene rings is 1. The number of urea groups is 1. The molecule has 198 valence electrons. The van der Waals surface area contributed by atoms with E-state index in [1.807, 2.05) is 32.0 Å². The number of amides is 2. The standard InChI is InChI=1S/C27H25Cl2N3O4S2/c1-17-13-18(2)15-20(14-17)32-27(33)30-10-11-31-38(34,35)26-22(9-12-37-26)21-5-3-4-6-24(21)36-25-8-7-19(28)16-23(25)29/h3-9,12-16,31H,10-11H2,1-2H3,(H2,30,32,33). The smallest absolute Gasteiger partial charge is 0.319 e. The van der Waals surface area contributed by atoms with Crippen LogP contribution in [-0.4, -0.2) is 27.5 Å². The van der Waals surface area contributed by atoms with E-state index in [4.69, 9.17) is 27.9 Å². The first-order chi connectivity index (χ1) is 18.1. The van der Waals surface area contributed by atoms with Crippen LogP contribution in [0, 0.1) is 13.8 Å². The van der Waals surface area contributed by atoms with E-state index in [-0.39, 0.29) is 17.3 Å². The van der Waals surface area contributed by atoms with Gasteiger partial charge in [0.15, 0.2) is 0 Å². The zero-order chi connectivity index (χ0) is 27.3. The van der Waals surface area contributed by atoms with Crippen molar-refractivity contribution in [1.29, 1.82) is 0 Å². The Bertz CT molecular complexity index is 1550. The third-order valence-corrected chi connectivity index (χ3v) is 8.82. The van der Waals surface area contributed by atoms with Gasteiger partial charge in [-0.05, 0) is 72.8 Å². The van der Waals surface area contributed by atoms with Gasteiger partial charge < -0.3 is 15.4 Å². The number of nitrogens with one attached hydrogen (secondary N) is 3. The molecule has 3 aromatic carbocycles. The van der Waals surface area contributed by atoms with Crippen LogP contribution in [0.15, 0.2) is 76.3 Å². The first kappa shape index (κ1) is 27.9. The van der Waals surface area contributed by atoms with Gasteiger partial charge in [-0.1, -0.05) is 47.5 Å². The fourth-order valence-corrected chi connectivity index (χ4v) is 6.71. The number of hydrogen-bond acceptors (Lipinski definition) is 5. The van der Waals surface area contributed by atoms with Crippen molar-refractivity contribution in [2.45, 2.75) is 18.1 Å². The lowest BCUT2D eigenvalue weighted by atomic mass is 10.1. The molecule has 0 aliphatic heterocycles. The van der Waals surface area contributed by atoms with Crippen LogP contribution < -0.4 is 20.1 Å². The molecule has 7 nitrogen and oxygen atoms in total. The van der Waals surface area contributed by atoms with E-state index in [1.165, 1.54) is 0 Å². The fraction of sp³-hybridized carbons (Fsp3) is 0.148. The molecule has 0 aliphatic carbocycles. The monoisotopic (exact) mass is 589 g/mol. The van der Waals surface area contributed by atoms with Crippen LogP contribution in [0.25, 0.3) is 11.1 Å².